The molecule has 1 aromatic carbocycles. The van der Waals surface area contributed by atoms with Crippen LogP contribution in [0, 0.1) is 11.7 Å². The standard InChI is InChI=1S/C25H28FIN5O3/c1-14-6-10-29-19-13-28-9-7-15(19)21-23(31-18-5-3-4-16(26)24(18)34-2)20-22(32-21)17(12-30-25(20)33)27-35-11-8-14/h3-5,7,9,13-14,17,29,31-32H,6,8,10-12H2,1-2H3,(H,30,33)/q-1/t14-,17?/m1/s1. The Morgan fingerprint density at radius 2 is 2.14 bits per heavy atom. The number of fused-ring (bicyclic) bond motifs is 3. The fourth-order valence-electron chi connectivity index (χ4n) is 4.43. The molecule has 8 nitrogen and oxygen atoms in total. The van der Waals surface area contributed by atoms with E-state index in [1.807, 2.05) is 6.07 Å². The quantitative estimate of drug-likeness (QED) is 0.273. The van der Waals surface area contributed by atoms with Gasteiger partial charge in [-0.15, -0.1) is 0 Å². The number of aromatic amines is 1. The molecule has 35 heavy (non-hydrogen) atoms. The van der Waals surface area contributed by atoms with Crippen LogP contribution >= 0.6 is 0 Å². The molecule has 186 valence electrons. The summed E-state index contributed by atoms with van der Waals surface area (Å²) in [6.07, 6.45) is 5.53. The number of hydrogen-bond donors (Lipinski definition) is 4. The second kappa shape index (κ2) is 10.4. The van der Waals surface area contributed by atoms with E-state index in [0.717, 1.165) is 42.0 Å². The number of ether oxygens (including phenoxy) is 1. The number of aromatic nitrogens is 2. The van der Waals surface area contributed by atoms with Crippen molar-refractivity contribution in [2.45, 2.75) is 23.7 Å². The zero-order chi connectivity index (χ0) is 24.4. The third kappa shape index (κ3) is 4.81. The molecule has 1 unspecified atom stereocenters. The first kappa shape index (κ1) is 23.9. The maximum atomic E-state index is 14.5. The van der Waals surface area contributed by atoms with E-state index in [2.05, 4.69) is 32.8 Å². The van der Waals surface area contributed by atoms with E-state index < -0.39 is 27.4 Å². The monoisotopic (exact) mass is 592 g/mol. The number of nitrogens with zero attached hydrogens (tertiary/aromatic N) is 1. The van der Waals surface area contributed by atoms with Crippen LogP contribution in [-0.4, -0.2) is 42.7 Å². The number of alkyl halides is 1. The van der Waals surface area contributed by atoms with Crippen molar-refractivity contribution in [2.24, 2.45) is 5.92 Å². The zero-order valence-corrected chi connectivity index (χ0v) is 21.7. The van der Waals surface area contributed by atoms with Gasteiger partial charge in [0.15, 0.2) is 0 Å². The number of carbonyl (C=O) groups is 1. The van der Waals surface area contributed by atoms with Gasteiger partial charge in [0, 0.05) is 0 Å². The molecule has 2 aliphatic heterocycles. The molecule has 0 saturated carbocycles. The van der Waals surface area contributed by atoms with Crippen LogP contribution in [0.1, 0.15) is 39.7 Å². The second-order valence-electron chi connectivity index (χ2n) is 8.72. The minimum atomic E-state index is -0.663. The van der Waals surface area contributed by atoms with E-state index in [9.17, 15) is 9.18 Å². The average Bonchev–Trinajstić information content (AvgIpc) is 3.23. The average molecular weight is 592 g/mol. The number of para-hydroxylation sites is 1. The van der Waals surface area contributed by atoms with Crippen molar-refractivity contribution in [3.05, 3.63) is 53.7 Å². The van der Waals surface area contributed by atoms with E-state index in [1.54, 1.807) is 24.5 Å². The summed E-state index contributed by atoms with van der Waals surface area (Å²) in [5, 5.41) is 9.86. The summed E-state index contributed by atoms with van der Waals surface area (Å²) >= 11 is -0.663. The number of hydrogen-bond acceptors (Lipinski definition) is 6. The first-order valence-electron chi connectivity index (χ1n) is 11.6. The Morgan fingerprint density at radius 3 is 3.00 bits per heavy atom. The molecule has 10 heteroatoms. The molecule has 2 aliphatic rings. The number of pyridine rings is 1. The van der Waals surface area contributed by atoms with Crippen LogP contribution in [0.15, 0.2) is 36.7 Å². The molecule has 0 fully saturated rings. The molecule has 2 atom stereocenters. The predicted molar refractivity (Wildman–Crippen MR) is 128 cm³/mol. The SMILES string of the molecule is COc1c(F)cccc1Nc1c2[nH]c3c1C(=O)NCC3[I-]OCC[C@H](C)CCNc1cnccc1-2. The van der Waals surface area contributed by atoms with Gasteiger partial charge in [0.2, 0.25) is 0 Å². The zero-order valence-electron chi connectivity index (χ0n) is 19.6. The van der Waals surface area contributed by atoms with E-state index in [0.29, 0.717) is 36.0 Å². The number of halogens is 2. The number of carbonyl (C=O) groups excluding carboxylic acids is 1. The molecule has 0 radical (unpaired) electrons. The van der Waals surface area contributed by atoms with Gasteiger partial charge < -0.3 is 0 Å². The summed E-state index contributed by atoms with van der Waals surface area (Å²) in [7, 11) is 1.43. The molecule has 2 bridgehead atoms. The first-order valence-corrected chi connectivity index (χ1v) is 13.8. The van der Waals surface area contributed by atoms with Crippen molar-refractivity contribution in [3.8, 4) is 17.0 Å². The van der Waals surface area contributed by atoms with Crippen molar-refractivity contribution in [3.63, 3.8) is 0 Å². The van der Waals surface area contributed by atoms with Crippen molar-refractivity contribution in [2.75, 3.05) is 37.4 Å². The second-order valence-corrected chi connectivity index (χ2v) is 11.4. The van der Waals surface area contributed by atoms with Crippen molar-refractivity contribution >= 4 is 23.0 Å². The third-order valence-electron chi connectivity index (χ3n) is 6.34. The molecule has 2 aromatic heterocycles. The van der Waals surface area contributed by atoms with E-state index in [-0.39, 0.29) is 15.6 Å². The maximum absolute atomic E-state index is 14.5. The van der Waals surface area contributed by atoms with Crippen LogP contribution in [0.25, 0.3) is 11.3 Å². The summed E-state index contributed by atoms with van der Waals surface area (Å²) in [5.74, 6) is -0.0435. The topological polar surface area (TPSA) is 100 Å². The van der Waals surface area contributed by atoms with E-state index >= 15 is 0 Å². The van der Waals surface area contributed by atoms with Gasteiger partial charge in [0.1, 0.15) is 0 Å². The Kier molecular flexibility index (Phi) is 7.09. The Balaban J connectivity index is 1.68. The Bertz CT molecular complexity index is 1230. The molecule has 5 rings (SSSR count). The minimum absolute atomic E-state index is 0.0710. The Labute approximate surface area is 214 Å². The molecular weight excluding hydrogens is 564 g/mol. The molecule has 4 heterocycles. The number of rotatable bonds is 3. The fourth-order valence-corrected chi connectivity index (χ4v) is 6.50. The first-order chi connectivity index (χ1) is 17.1. The summed E-state index contributed by atoms with van der Waals surface area (Å²) in [4.78, 5) is 21.0. The number of nitrogens with one attached hydrogen (secondary N) is 4. The Hall–Kier alpha value is -2.86. The number of H-pyrrole nitrogens is 1. The normalized spacial score (nSPS) is 20.4. The molecular formula is C25H28FIN5O3-. The van der Waals surface area contributed by atoms with Gasteiger partial charge in [0.25, 0.3) is 0 Å². The number of amides is 1. The summed E-state index contributed by atoms with van der Waals surface area (Å²) < 4.78 is 26.0. The van der Waals surface area contributed by atoms with Crippen LogP contribution in [0.2, 0.25) is 0 Å². The van der Waals surface area contributed by atoms with Crippen LogP contribution in [0.3, 0.4) is 0 Å². The molecule has 4 N–H and O–H groups in total. The van der Waals surface area contributed by atoms with Crippen LogP contribution < -0.4 is 42.3 Å². The summed E-state index contributed by atoms with van der Waals surface area (Å²) in [5.41, 5.74) is 4.87. The third-order valence-corrected chi connectivity index (χ3v) is 8.82. The molecule has 0 aliphatic carbocycles. The van der Waals surface area contributed by atoms with Gasteiger partial charge in [0.05, 0.1) is 0 Å². The van der Waals surface area contributed by atoms with Gasteiger partial charge in [-0.2, -0.15) is 0 Å². The number of benzene rings is 1. The van der Waals surface area contributed by atoms with Gasteiger partial charge in [-0.1, -0.05) is 0 Å². The van der Waals surface area contributed by atoms with Crippen molar-refractivity contribution < 1.29 is 38.6 Å². The fraction of sp³-hybridized carbons (Fsp3) is 0.360. The van der Waals surface area contributed by atoms with Crippen molar-refractivity contribution in [1.29, 1.82) is 0 Å². The van der Waals surface area contributed by atoms with Crippen LogP contribution in [0.5, 0.6) is 5.75 Å². The van der Waals surface area contributed by atoms with Gasteiger partial charge in [-0.3, -0.25) is 0 Å². The van der Waals surface area contributed by atoms with E-state index in [4.69, 9.17) is 7.80 Å². The molecule has 1 amide bonds. The van der Waals surface area contributed by atoms with Crippen molar-refractivity contribution in [1.82, 2.24) is 15.3 Å². The van der Waals surface area contributed by atoms with Gasteiger partial charge in [-0.25, -0.2) is 0 Å². The van der Waals surface area contributed by atoms with E-state index in [1.165, 1.54) is 13.2 Å². The molecule has 0 saturated heterocycles. The predicted octanol–water partition coefficient (Wildman–Crippen LogP) is 1.61. The number of anilines is 3. The molecule has 3 aromatic rings. The van der Waals surface area contributed by atoms with Gasteiger partial charge in [-0.05, 0) is 0 Å². The summed E-state index contributed by atoms with van der Waals surface area (Å²) in [6.45, 7) is 4.27. The Morgan fingerprint density at radius 1 is 1.26 bits per heavy atom. The molecule has 0 spiro atoms. The van der Waals surface area contributed by atoms with Crippen LogP contribution in [-0.2, 0) is 3.07 Å². The summed E-state index contributed by atoms with van der Waals surface area (Å²) in [6, 6.07) is 6.60. The van der Waals surface area contributed by atoms with Crippen LogP contribution in [0.4, 0.5) is 21.5 Å². The van der Waals surface area contributed by atoms with Gasteiger partial charge >= 0.3 is 215 Å². The number of methoxy groups -OCH3 is 1.